The standard InChI is InChI=1S/C17H20N6O3/c1-17(10-26-2)3-5-22(9-17)13-7-12(21-23-6-4-18-14(13)23)11-8-19-16(25)20-15(11)24/h4,6-8H,3,5,9-10H2,1-2H3,(H2,19,20,24,25). The van der Waals surface area contributed by atoms with Crippen molar-refractivity contribution in [3.05, 3.63) is 45.5 Å². The van der Waals surface area contributed by atoms with E-state index < -0.39 is 11.2 Å². The summed E-state index contributed by atoms with van der Waals surface area (Å²) in [6, 6.07) is 1.85. The van der Waals surface area contributed by atoms with Crippen molar-refractivity contribution in [2.75, 3.05) is 31.7 Å². The van der Waals surface area contributed by atoms with E-state index in [1.165, 1.54) is 6.20 Å². The third-order valence-electron chi connectivity index (χ3n) is 4.83. The lowest BCUT2D eigenvalue weighted by Crippen LogP contribution is -2.29. The number of H-pyrrole nitrogens is 2. The topological polar surface area (TPSA) is 108 Å². The lowest BCUT2D eigenvalue weighted by molar-refractivity contribution is 0.106. The second kappa shape index (κ2) is 6.10. The molecule has 0 amide bonds. The summed E-state index contributed by atoms with van der Waals surface area (Å²) in [6.45, 7) is 4.59. The normalized spacial score (nSPS) is 20.2. The maximum absolute atomic E-state index is 12.2. The van der Waals surface area contributed by atoms with E-state index in [2.05, 4.69) is 31.9 Å². The zero-order valence-corrected chi connectivity index (χ0v) is 14.7. The summed E-state index contributed by atoms with van der Waals surface area (Å²) in [5.41, 5.74) is 1.47. The van der Waals surface area contributed by atoms with E-state index in [1.54, 1.807) is 24.0 Å². The number of fused-ring (bicyclic) bond motifs is 1. The number of rotatable bonds is 4. The maximum Gasteiger partial charge on any atom is 0.325 e. The van der Waals surface area contributed by atoms with Gasteiger partial charge in [-0.25, -0.2) is 14.3 Å². The summed E-state index contributed by atoms with van der Waals surface area (Å²) in [5, 5.41) is 4.46. The third-order valence-corrected chi connectivity index (χ3v) is 4.83. The molecule has 0 radical (unpaired) electrons. The Morgan fingerprint density at radius 1 is 1.38 bits per heavy atom. The second-order valence-electron chi connectivity index (χ2n) is 7.01. The van der Waals surface area contributed by atoms with Gasteiger partial charge in [0.05, 0.1) is 17.9 Å². The van der Waals surface area contributed by atoms with Crippen LogP contribution in [0.5, 0.6) is 0 Å². The zero-order chi connectivity index (χ0) is 18.3. The van der Waals surface area contributed by atoms with Gasteiger partial charge in [-0.05, 0) is 12.5 Å². The van der Waals surface area contributed by atoms with Gasteiger partial charge in [-0.1, -0.05) is 6.92 Å². The predicted molar refractivity (Wildman–Crippen MR) is 96.5 cm³/mol. The van der Waals surface area contributed by atoms with Crippen molar-refractivity contribution in [1.29, 1.82) is 0 Å². The fourth-order valence-electron chi connectivity index (χ4n) is 3.56. The van der Waals surface area contributed by atoms with Crippen molar-refractivity contribution in [2.24, 2.45) is 5.41 Å². The average molecular weight is 356 g/mol. The fourth-order valence-corrected chi connectivity index (χ4v) is 3.56. The van der Waals surface area contributed by atoms with Gasteiger partial charge in [-0.3, -0.25) is 9.78 Å². The molecule has 0 spiro atoms. The van der Waals surface area contributed by atoms with Gasteiger partial charge in [-0.15, -0.1) is 0 Å². The largest absolute Gasteiger partial charge is 0.384 e. The number of nitrogens with one attached hydrogen (secondary N) is 2. The lowest BCUT2D eigenvalue weighted by atomic mass is 9.91. The molecule has 1 atom stereocenters. The molecule has 0 aromatic carbocycles. The van der Waals surface area contributed by atoms with Gasteiger partial charge in [0.15, 0.2) is 5.65 Å². The van der Waals surface area contributed by atoms with Gasteiger partial charge < -0.3 is 14.6 Å². The van der Waals surface area contributed by atoms with Gasteiger partial charge in [0, 0.05) is 44.2 Å². The van der Waals surface area contributed by atoms with E-state index in [9.17, 15) is 9.59 Å². The molecule has 136 valence electrons. The summed E-state index contributed by atoms with van der Waals surface area (Å²) in [4.78, 5) is 34.8. The summed E-state index contributed by atoms with van der Waals surface area (Å²) >= 11 is 0. The minimum absolute atomic E-state index is 0.0667. The van der Waals surface area contributed by atoms with Crippen LogP contribution >= 0.6 is 0 Å². The van der Waals surface area contributed by atoms with Gasteiger partial charge in [-0.2, -0.15) is 5.10 Å². The van der Waals surface area contributed by atoms with Crippen LogP contribution in [0.25, 0.3) is 16.9 Å². The number of hydrogen-bond donors (Lipinski definition) is 2. The molecule has 1 aliphatic rings. The Labute approximate surface area is 148 Å². The Morgan fingerprint density at radius 3 is 3.00 bits per heavy atom. The number of ether oxygens (including phenoxy) is 1. The van der Waals surface area contributed by atoms with Crippen LogP contribution in [0.15, 0.2) is 34.2 Å². The highest BCUT2D eigenvalue weighted by Crippen LogP contribution is 2.35. The van der Waals surface area contributed by atoms with Crippen LogP contribution in [0, 0.1) is 5.41 Å². The van der Waals surface area contributed by atoms with E-state index >= 15 is 0 Å². The quantitative estimate of drug-likeness (QED) is 0.710. The second-order valence-corrected chi connectivity index (χ2v) is 7.01. The first kappa shape index (κ1) is 16.5. The average Bonchev–Trinajstić information content (AvgIpc) is 3.21. The summed E-state index contributed by atoms with van der Waals surface area (Å²) in [7, 11) is 1.72. The van der Waals surface area contributed by atoms with Crippen molar-refractivity contribution in [2.45, 2.75) is 13.3 Å². The maximum atomic E-state index is 12.2. The number of imidazole rings is 1. The minimum atomic E-state index is -0.544. The summed E-state index contributed by atoms with van der Waals surface area (Å²) < 4.78 is 7.02. The van der Waals surface area contributed by atoms with Gasteiger partial charge >= 0.3 is 5.69 Å². The zero-order valence-electron chi connectivity index (χ0n) is 14.7. The molecule has 1 fully saturated rings. The molecule has 0 aliphatic carbocycles. The molecular formula is C17H20N6O3. The molecule has 1 aliphatic heterocycles. The van der Waals surface area contributed by atoms with Gasteiger partial charge in [0.25, 0.3) is 5.56 Å². The number of nitrogens with zero attached hydrogens (tertiary/aromatic N) is 4. The number of aromatic nitrogens is 5. The van der Waals surface area contributed by atoms with E-state index in [0.717, 1.165) is 30.8 Å². The molecule has 9 nitrogen and oxygen atoms in total. The molecule has 0 saturated carbocycles. The van der Waals surface area contributed by atoms with Crippen LogP contribution in [0.3, 0.4) is 0 Å². The Balaban J connectivity index is 1.81. The van der Waals surface area contributed by atoms with Gasteiger partial charge in [0.2, 0.25) is 0 Å². The SMILES string of the molecule is COCC1(C)CCN(c2cc(-c3c[nH]c(=O)[nH]c3=O)nn3ccnc23)C1. The molecule has 3 aromatic rings. The number of methoxy groups -OCH3 is 1. The monoisotopic (exact) mass is 356 g/mol. The fraction of sp³-hybridized carbons (Fsp3) is 0.412. The first-order valence-corrected chi connectivity index (χ1v) is 8.40. The Bertz CT molecular complexity index is 1070. The molecule has 2 N–H and O–H groups in total. The van der Waals surface area contributed by atoms with Gasteiger partial charge in [0.1, 0.15) is 5.69 Å². The smallest absolute Gasteiger partial charge is 0.325 e. The van der Waals surface area contributed by atoms with Crippen LogP contribution < -0.4 is 16.1 Å². The first-order chi connectivity index (χ1) is 12.5. The Hall–Kier alpha value is -2.94. The highest BCUT2D eigenvalue weighted by Gasteiger charge is 2.35. The molecule has 26 heavy (non-hydrogen) atoms. The van der Waals surface area contributed by atoms with E-state index in [0.29, 0.717) is 17.9 Å². The molecule has 1 unspecified atom stereocenters. The summed E-state index contributed by atoms with van der Waals surface area (Å²) in [6.07, 6.45) is 5.81. The van der Waals surface area contributed by atoms with Crippen molar-refractivity contribution in [1.82, 2.24) is 24.6 Å². The highest BCUT2D eigenvalue weighted by atomic mass is 16.5. The molecular weight excluding hydrogens is 336 g/mol. The number of aromatic amines is 2. The molecule has 0 bridgehead atoms. The van der Waals surface area contributed by atoms with Crippen molar-refractivity contribution in [3.8, 4) is 11.3 Å². The predicted octanol–water partition coefficient (Wildman–Crippen LogP) is 0.636. The molecule has 4 rings (SSSR count). The minimum Gasteiger partial charge on any atom is -0.384 e. The van der Waals surface area contributed by atoms with E-state index in [1.807, 2.05) is 6.07 Å². The van der Waals surface area contributed by atoms with E-state index in [4.69, 9.17) is 4.74 Å². The summed E-state index contributed by atoms with van der Waals surface area (Å²) in [5.74, 6) is 0. The first-order valence-electron chi connectivity index (χ1n) is 8.40. The Morgan fingerprint density at radius 2 is 2.23 bits per heavy atom. The van der Waals surface area contributed by atoms with E-state index in [-0.39, 0.29) is 5.41 Å². The van der Waals surface area contributed by atoms with Crippen LogP contribution in [0.4, 0.5) is 5.69 Å². The Kier molecular flexibility index (Phi) is 3.87. The molecule has 3 aromatic heterocycles. The van der Waals surface area contributed by atoms with Crippen molar-refractivity contribution >= 4 is 11.3 Å². The third kappa shape index (κ3) is 2.80. The van der Waals surface area contributed by atoms with Crippen LogP contribution in [0.2, 0.25) is 0 Å². The molecule has 1 saturated heterocycles. The number of anilines is 1. The van der Waals surface area contributed by atoms with Crippen molar-refractivity contribution < 1.29 is 4.74 Å². The van der Waals surface area contributed by atoms with Crippen LogP contribution in [-0.2, 0) is 4.74 Å². The number of hydrogen-bond acceptors (Lipinski definition) is 6. The molecule has 9 heteroatoms. The lowest BCUT2D eigenvalue weighted by Gasteiger charge is -2.25. The van der Waals surface area contributed by atoms with Crippen LogP contribution in [0.1, 0.15) is 13.3 Å². The van der Waals surface area contributed by atoms with Crippen LogP contribution in [-0.4, -0.2) is 51.4 Å². The molecule has 4 heterocycles. The highest BCUT2D eigenvalue weighted by molar-refractivity contribution is 5.74. The van der Waals surface area contributed by atoms with Crippen molar-refractivity contribution in [3.63, 3.8) is 0 Å².